The van der Waals surface area contributed by atoms with Gasteiger partial charge < -0.3 is 4.90 Å². The van der Waals surface area contributed by atoms with Crippen LogP contribution in [0.5, 0.6) is 0 Å². The molecule has 0 aliphatic rings. The van der Waals surface area contributed by atoms with Crippen LogP contribution in [0.15, 0.2) is 17.2 Å². The third-order valence-electron chi connectivity index (χ3n) is 3.06. The number of hydrogen-bond donors (Lipinski definition) is 1. The third kappa shape index (κ3) is 5.71. The maximum atomic E-state index is 12.2. The summed E-state index contributed by atoms with van der Waals surface area (Å²) in [5.41, 5.74) is 0. The first-order valence-electron chi connectivity index (χ1n) is 6.60. The van der Waals surface area contributed by atoms with E-state index in [1.165, 1.54) is 12.3 Å². The van der Waals surface area contributed by atoms with Gasteiger partial charge in [0.05, 0.1) is 5.02 Å². The highest BCUT2D eigenvalue weighted by atomic mass is 35.5. The summed E-state index contributed by atoms with van der Waals surface area (Å²) in [6.07, 6.45) is 2.10. The van der Waals surface area contributed by atoms with Crippen molar-refractivity contribution in [2.75, 3.05) is 20.6 Å². The standard InChI is InChI=1S/C13H21Cl2N3O2S/c1-9(2)5-10(18(3)4)7-17-21(19,20)11-6-12(14)13(15)16-8-11/h6,8-10,17H,5,7H2,1-4H3. The molecule has 1 aromatic heterocycles. The molecule has 0 spiro atoms. The van der Waals surface area contributed by atoms with Crippen molar-refractivity contribution in [1.82, 2.24) is 14.6 Å². The first-order chi connectivity index (χ1) is 9.63. The number of likely N-dealkylation sites (N-methyl/N-ethyl adjacent to an activating group) is 1. The summed E-state index contributed by atoms with van der Waals surface area (Å²) >= 11 is 11.5. The lowest BCUT2D eigenvalue weighted by Gasteiger charge is -2.26. The van der Waals surface area contributed by atoms with Crippen LogP contribution < -0.4 is 4.72 Å². The van der Waals surface area contributed by atoms with Crippen LogP contribution in [0, 0.1) is 5.92 Å². The molecule has 8 heteroatoms. The van der Waals surface area contributed by atoms with E-state index in [0.717, 1.165) is 6.42 Å². The molecule has 1 N–H and O–H groups in total. The second-order valence-electron chi connectivity index (χ2n) is 5.54. The van der Waals surface area contributed by atoms with E-state index in [-0.39, 0.29) is 21.1 Å². The van der Waals surface area contributed by atoms with E-state index in [0.29, 0.717) is 12.5 Å². The molecule has 21 heavy (non-hydrogen) atoms. The van der Waals surface area contributed by atoms with Crippen LogP contribution in [-0.2, 0) is 10.0 Å². The second kappa shape index (κ2) is 7.74. The first kappa shape index (κ1) is 18.6. The van der Waals surface area contributed by atoms with Crippen LogP contribution in [0.3, 0.4) is 0 Å². The van der Waals surface area contributed by atoms with Crippen LogP contribution in [-0.4, -0.2) is 45.0 Å². The Bertz CT molecular complexity index is 577. The summed E-state index contributed by atoms with van der Waals surface area (Å²) in [5.74, 6) is 0.480. The molecule has 0 aromatic carbocycles. The van der Waals surface area contributed by atoms with Crippen molar-refractivity contribution in [1.29, 1.82) is 0 Å². The topological polar surface area (TPSA) is 62.3 Å². The number of rotatable bonds is 7. The normalized spacial score (nSPS) is 13.9. The molecule has 0 saturated heterocycles. The number of sulfonamides is 1. The zero-order valence-corrected chi connectivity index (χ0v) is 14.9. The number of pyridine rings is 1. The molecule has 1 heterocycles. The molecular weight excluding hydrogens is 333 g/mol. The SMILES string of the molecule is CC(C)CC(CNS(=O)(=O)c1cnc(Cl)c(Cl)c1)N(C)C. The van der Waals surface area contributed by atoms with E-state index in [1.54, 1.807) is 0 Å². The smallest absolute Gasteiger partial charge is 0.242 e. The molecule has 1 atom stereocenters. The maximum Gasteiger partial charge on any atom is 0.242 e. The quantitative estimate of drug-likeness (QED) is 0.765. The van der Waals surface area contributed by atoms with E-state index in [2.05, 4.69) is 23.6 Å². The van der Waals surface area contributed by atoms with Gasteiger partial charge in [-0.25, -0.2) is 18.1 Å². The first-order valence-corrected chi connectivity index (χ1v) is 8.84. The van der Waals surface area contributed by atoms with Crippen LogP contribution in [0.2, 0.25) is 10.2 Å². The summed E-state index contributed by atoms with van der Waals surface area (Å²) in [4.78, 5) is 5.78. The fraction of sp³-hybridized carbons (Fsp3) is 0.615. The molecule has 0 bridgehead atoms. The Labute approximate surface area is 136 Å². The molecule has 1 unspecified atom stereocenters. The number of nitrogens with one attached hydrogen (secondary N) is 1. The van der Waals surface area contributed by atoms with Crippen LogP contribution >= 0.6 is 23.2 Å². The summed E-state index contributed by atoms with van der Waals surface area (Å²) in [6.45, 7) is 4.54. The molecule has 120 valence electrons. The van der Waals surface area contributed by atoms with Gasteiger partial charge >= 0.3 is 0 Å². The van der Waals surface area contributed by atoms with Gasteiger partial charge in [-0.15, -0.1) is 0 Å². The molecule has 5 nitrogen and oxygen atoms in total. The lowest BCUT2D eigenvalue weighted by Crippen LogP contribution is -2.41. The Kier molecular flexibility index (Phi) is 6.87. The minimum Gasteiger partial charge on any atom is -0.305 e. The van der Waals surface area contributed by atoms with Gasteiger partial charge in [-0.3, -0.25) is 0 Å². The molecular formula is C13H21Cl2N3O2S. The molecule has 0 aliphatic carbocycles. The van der Waals surface area contributed by atoms with Crippen molar-refractivity contribution in [2.24, 2.45) is 5.92 Å². The highest BCUT2D eigenvalue weighted by Gasteiger charge is 2.20. The highest BCUT2D eigenvalue weighted by Crippen LogP contribution is 2.22. The van der Waals surface area contributed by atoms with Crippen molar-refractivity contribution in [2.45, 2.75) is 31.2 Å². The largest absolute Gasteiger partial charge is 0.305 e. The Morgan fingerprint density at radius 3 is 2.43 bits per heavy atom. The number of hydrogen-bond acceptors (Lipinski definition) is 4. The minimum atomic E-state index is -3.65. The fourth-order valence-electron chi connectivity index (χ4n) is 1.86. The monoisotopic (exact) mass is 353 g/mol. The second-order valence-corrected chi connectivity index (χ2v) is 8.07. The number of halogens is 2. The molecule has 0 amide bonds. The predicted molar refractivity (Wildman–Crippen MR) is 86.4 cm³/mol. The van der Waals surface area contributed by atoms with Crippen molar-refractivity contribution in [3.63, 3.8) is 0 Å². The van der Waals surface area contributed by atoms with Crippen molar-refractivity contribution >= 4 is 33.2 Å². The average molecular weight is 354 g/mol. The van der Waals surface area contributed by atoms with E-state index >= 15 is 0 Å². The molecule has 0 radical (unpaired) electrons. The molecule has 1 rings (SSSR count). The number of aromatic nitrogens is 1. The Morgan fingerprint density at radius 1 is 1.33 bits per heavy atom. The van der Waals surface area contributed by atoms with Gasteiger partial charge in [0.1, 0.15) is 10.0 Å². The van der Waals surface area contributed by atoms with E-state index in [1.807, 2.05) is 19.0 Å². The highest BCUT2D eigenvalue weighted by molar-refractivity contribution is 7.89. The van der Waals surface area contributed by atoms with Crippen LogP contribution in [0.25, 0.3) is 0 Å². The van der Waals surface area contributed by atoms with E-state index in [4.69, 9.17) is 23.2 Å². The molecule has 0 aliphatic heterocycles. The van der Waals surface area contributed by atoms with E-state index < -0.39 is 10.0 Å². The van der Waals surface area contributed by atoms with Gasteiger partial charge in [0.25, 0.3) is 0 Å². The van der Waals surface area contributed by atoms with Gasteiger partial charge in [-0.05, 0) is 32.5 Å². The van der Waals surface area contributed by atoms with Crippen LogP contribution in [0.1, 0.15) is 20.3 Å². The van der Waals surface area contributed by atoms with Gasteiger partial charge in [-0.1, -0.05) is 37.0 Å². The fourth-order valence-corrected chi connectivity index (χ4v) is 3.24. The maximum absolute atomic E-state index is 12.2. The van der Waals surface area contributed by atoms with Gasteiger partial charge in [0.2, 0.25) is 10.0 Å². The predicted octanol–water partition coefficient (Wildman–Crippen LogP) is 2.64. The molecule has 1 aromatic rings. The zero-order valence-electron chi connectivity index (χ0n) is 12.6. The molecule has 0 saturated carbocycles. The lowest BCUT2D eigenvalue weighted by molar-refractivity contribution is 0.255. The summed E-state index contributed by atoms with van der Waals surface area (Å²) < 4.78 is 27.1. The van der Waals surface area contributed by atoms with Crippen molar-refractivity contribution in [3.05, 3.63) is 22.4 Å². The number of nitrogens with zero attached hydrogens (tertiary/aromatic N) is 2. The van der Waals surface area contributed by atoms with Gasteiger partial charge in [0, 0.05) is 18.8 Å². The van der Waals surface area contributed by atoms with Crippen molar-refractivity contribution in [3.8, 4) is 0 Å². The average Bonchev–Trinajstić information content (AvgIpc) is 2.37. The third-order valence-corrected chi connectivity index (χ3v) is 5.14. The van der Waals surface area contributed by atoms with E-state index in [9.17, 15) is 8.42 Å². The Hall–Kier alpha value is -0.400. The van der Waals surface area contributed by atoms with Crippen LogP contribution in [0.4, 0.5) is 0 Å². The van der Waals surface area contributed by atoms with Gasteiger partial charge in [-0.2, -0.15) is 0 Å². The minimum absolute atomic E-state index is 0.0129. The summed E-state index contributed by atoms with van der Waals surface area (Å²) in [5, 5.41) is 0.201. The Morgan fingerprint density at radius 2 is 1.95 bits per heavy atom. The summed E-state index contributed by atoms with van der Waals surface area (Å²) in [6, 6.07) is 1.42. The van der Waals surface area contributed by atoms with Crippen molar-refractivity contribution < 1.29 is 8.42 Å². The summed E-state index contributed by atoms with van der Waals surface area (Å²) in [7, 11) is 0.219. The van der Waals surface area contributed by atoms with Gasteiger partial charge in [0.15, 0.2) is 0 Å². The Balaban J connectivity index is 2.82. The lowest BCUT2D eigenvalue weighted by atomic mass is 10.0. The zero-order chi connectivity index (χ0) is 16.2. The molecule has 0 fully saturated rings.